The molecule has 0 bridgehead atoms. The first-order chi connectivity index (χ1) is 6.27. The maximum atomic E-state index is 11.2. The predicted molar refractivity (Wildman–Crippen MR) is 46.3 cm³/mol. The molecule has 0 aliphatic heterocycles. The minimum absolute atomic E-state index is 0.0187. The van der Waals surface area contributed by atoms with Gasteiger partial charge in [0.1, 0.15) is 18.8 Å². The molecule has 1 heterocycles. The third-order valence-corrected chi connectivity index (χ3v) is 1.66. The maximum Gasteiger partial charge on any atom is 0.165 e. The summed E-state index contributed by atoms with van der Waals surface area (Å²) in [5.41, 5.74) is 0. The minimum atomic E-state index is 0.0187. The van der Waals surface area contributed by atoms with Crippen LogP contribution in [0.1, 0.15) is 12.7 Å². The molecule has 0 saturated heterocycles. The van der Waals surface area contributed by atoms with Crippen molar-refractivity contribution >= 4 is 5.78 Å². The molecular formula is C8H13N3O2. The lowest BCUT2D eigenvalue weighted by atomic mass is 10.3. The lowest BCUT2D eigenvalue weighted by Crippen LogP contribution is -2.14. The first-order valence-electron chi connectivity index (χ1n) is 4.15. The van der Waals surface area contributed by atoms with Crippen molar-refractivity contribution in [2.45, 2.75) is 19.9 Å². The Morgan fingerprint density at radius 1 is 1.69 bits per heavy atom. The van der Waals surface area contributed by atoms with Crippen molar-refractivity contribution in [2.75, 3.05) is 13.7 Å². The van der Waals surface area contributed by atoms with Gasteiger partial charge >= 0.3 is 0 Å². The average Bonchev–Trinajstić information content (AvgIpc) is 2.52. The first kappa shape index (κ1) is 9.85. The molecule has 1 aromatic rings. The van der Waals surface area contributed by atoms with Crippen molar-refractivity contribution in [3.05, 3.63) is 12.2 Å². The highest BCUT2D eigenvalue weighted by Crippen LogP contribution is 1.96. The molecular weight excluding hydrogens is 170 g/mol. The van der Waals surface area contributed by atoms with Crippen molar-refractivity contribution < 1.29 is 9.53 Å². The number of rotatable bonds is 5. The van der Waals surface area contributed by atoms with Crippen LogP contribution in [0.2, 0.25) is 0 Å². The average molecular weight is 183 g/mol. The van der Waals surface area contributed by atoms with Crippen LogP contribution in [0, 0.1) is 0 Å². The number of hydrogen-bond donors (Lipinski definition) is 0. The van der Waals surface area contributed by atoms with Crippen molar-refractivity contribution in [3.63, 3.8) is 0 Å². The Morgan fingerprint density at radius 3 is 3.08 bits per heavy atom. The number of carbonyl (C=O) groups excluding carboxylic acids is 1. The summed E-state index contributed by atoms with van der Waals surface area (Å²) >= 11 is 0. The molecule has 5 nitrogen and oxygen atoms in total. The molecule has 1 aromatic heterocycles. The molecule has 0 aliphatic carbocycles. The Labute approximate surface area is 76.7 Å². The molecule has 13 heavy (non-hydrogen) atoms. The standard InChI is InChI=1S/C8H13N3O2/c1-3-11-8(9-6-10-11)4-7(12)5-13-2/h6H,3-5H2,1-2H3. The monoisotopic (exact) mass is 183 g/mol. The number of carbonyl (C=O) groups is 1. The Bertz CT molecular complexity index is 283. The van der Waals surface area contributed by atoms with Crippen molar-refractivity contribution in [1.82, 2.24) is 14.8 Å². The fraction of sp³-hybridized carbons (Fsp3) is 0.625. The van der Waals surface area contributed by atoms with E-state index < -0.39 is 0 Å². The number of ketones is 1. The largest absolute Gasteiger partial charge is 0.377 e. The van der Waals surface area contributed by atoms with E-state index in [9.17, 15) is 4.79 Å². The minimum Gasteiger partial charge on any atom is -0.377 e. The van der Waals surface area contributed by atoms with Gasteiger partial charge in [0.2, 0.25) is 0 Å². The highest BCUT2D eigenvalue weighted by molar-refractivity contribution is 5.81. The third kappa shape index (κ3) is 2.62. The van der Waals surface area contributed by atoms with Gasteiger partial charge < -0.3 is 4.74 Å². The lowest BCUT2D eigenvalue weighted by molar-refractivity contribution is -0.122. The second-order valence-corrected chi connectivity index (χ2v) is 2.64. The van der Waals surface area contributed by atoms with Crippen LogP contribution in [0.4, 0.5) is 0 Å². The first-order valence-corrected chi connectivity index (χ1v) is 4.15. The van der Waals surface area contributed by atoms with E-state index in [2.05, 4.69) is 10.1 Å². The van der Waals surface area contributed by atoms with Crippen LogP contribution in [0.5, 0.6) is 0 Å². The SMILES string of the molecule is CCn1ncnc1CC(=O)COC. The van der Waals surface area contributed by atoms with Crippen molar-refractivity contribution in [3.8, 4) is 0 Å². The van der Waals surface area contributed by atoms with Crippen LogP contribution in [-0.4, -0.2) is 34.3 Å². The van der Waals surface area contributed by atoms with Crippen LogP contribution in [0.15, 0.2) is 6.33 Å². The van der Waals surface area contributed by atoms with Crippen LogP contribution >= 0.6 is 0 Å². The van der Waals surface area contributed by atoms with Gasteiger partial charge in [0, 0.05) is 13.7 Å². The predicted octanol–water partition coefficient (Wildman–Crippen LogP) is 0.0560. The summed E-state index contributed by atoms with van der Waals surface area (Å²) in [6.45, 7) is 2.82. The van der Waals surface area contributed by atoms with E-state index in [1.54, 1.807) is 4.68 Å². The van der Waals surface area contributed by atoms with Gasteiger partial charge in [0.15, 0.2) is 5.78 Å². The summed E-state index contributed by atoms with van der Waals surface area (Å²) in [5, 5.41) is 3.96. The molecule has 0 radical (unpaired) electrons. The molecule has 0 aromatic carbocycles. The third-order valence-electron chi connectivity index (χ3n) is 1.66. The Balaban J connectivity index is 2.57. The van der Waals surface area contributed by atoms with E-state index in [0.29, 0.717) is 12.2 Å². The van der Waals surface area contributed by atoms with Gasteiger partial charge in [-0.2, -0.15) is 5.10 Å². The zero-order chi connectivity index (χ0) is 9.68. The molecule has 5 heteroatoms. The number of nitrogens with zero attached hydrogens (tertiary/aromatic N) is 3. The smallest absolute Gasteiger partial charge is 0.165 e. The van der Waals surface area contributed by atoms with E-state index in [0.717, 1.165) is 6.54 Å². The summed E-state index contributed by atoms with van der Waals surface area (Å²) in [5.74, 6) is 0.717. The van der Waals surface area contributed by atoms with Crippen LogP contribution in [0.25, 0.3) is 0 Å². The number of aryl methyl sites for hydroxylation is 1. The second-order valence-electron chi connectivity index (χ2n) is 2.64. The van der Waals surface area contributed by atoms with Gasteiger partial charge in [-0.1, -0.05) is 0 Å². The molecule has 0 saturated carbocycles. The quantitative estimate of drug-likeness (QED) is 0.647. The van der Waals surface area contributed by atoms with E-state index in [1.165, 1.54) is 13.4 Å². The fourth-order valence-corrected chi connectivity index (χ4v) is 1.08. The summed E-state index contributed by atoms with van der Waals surface area (Å²) in [4.78, 5) is 15.2. The molecule has 0 spiro atoms. The number of aromatic nitrogens is 3. The van der Waals surface area contributed by atoms with Crippen LogP contribution in [0.3, 0.4) is 0 Å². The molecule has 72 valence electrons. The molecule has 0 amide bonds. The summed E-state index contributed by atoms with van der Waals surface area (Å²) in [6.07, 6.45) is 1.75. The maximum absolute atomic E-state index is 11.2. The summed E-state index contributed by atoms with van der Waals surface area (Å²) in [6, 6.07) is 0. The van der Waals surface area contributed by atoms with Gasteiger partial charge in [-0.15, -0.1) is 0 Å². The Hall–Kier alpha value is -1.23. The molecule has 1 rings (SSSR count). The summed E-state index contributed by atoms with van der Waals surface area (Å²) < 4.78 is 6.42. The number of hydrogen-bond acceptors (Lipinski definition) is 4. The number of Topliss-reactive ketones (excluding diaryl/α,β-unsaturated/α-hetero) is 1. The number of ether oxygens (including phenoxy) is 1. The van der Waals surface area contributed by atoms with Crippen LogP contribution < -0.4 is 0 Å². The molecule has 0 atom stereocenters. The van der Waals surface area contributed by atoms with Gasteiger partial charge in [-0.25, -0.2) is 9.67 Å². The molecule has 0 aliphatic rings. The zero-order valence-electron chi connectivity index (χ0n) is 7.86. The fourth-order valence-electron chi connectivity index (χ4n) is 1.08. The topological polar surface area (TPSA) is 57.0 Å². The summed E-state index contributed by atoms with van der Waals surface area (Å²) in [7, 11) is 1.50. The van der Waals surface area contributed by atoms with Gasteiger partial charge in [0.25, 0.3) is 0 Å². The van der Waals surface area contributed by atoms with E-state index in [-0.39, 0.29) is 12.4 Å². The van der Waals surface area contributed by atoms with E-state index in [4.69, 9.17) is 4.74 Å². The highest BCUT2D eigenvalue weighted by Gasteiger charge is 2.08. The van der Waals surface area contributed by atoms with Crippen LogP contribution in [-0.2, 0) is 22.5 Å². The van der Waals surface area contributed by atoms with E-state index in [1.807, 2.05) is 6.92 Å². The Morgan fingerprint density at radius 2 is 2.46 bits per heavy atom. The van der Waals surface area contributed by atoms with Gasteiger partial charge in [-0.05, 0) is 6.92 Å². The molecule has 0 fully saturated rings. The highest BCUT2D eigenvalue weighted by atomic mass is 16.5. The molecule has 0 unspecified atom stereocenters. The second kappa shape index (κ2) is 4.71. The normalized spacial score (nSPS) is 10.3. The number of methoxy groups -OCH3 is 1. The zero-order valence-corrected chi connectivity index (χ0v) is 7.86. The van der Waals surface area contributed by atoms with E-state index >= 15 is 0 Å². The van der Waals surface area contributed by atoms with Gasteiger partial charge in [0.05, 0.1) is 6.42 Å². The molecule has 0 N–H and O–H groups in total. The lowest BCUT2D eigenvalue weighted by Gasteiger charge is -2.01. The van der Waals surface area contributed by atoms with Crippen molar-refractivity contribution in [1.29, 1.82) is 0 Å². The van der Waals surface area contributed by atoms with Gasteiger partial charge in [-0.3, -0.25) is 4.79 Å². The van der Waals surface area contributed by atoms with Crippen molar-refractivity contribution in [2.24, 2.45) is 0 Å². The Kier molecular flexibility index (Phi) is 3.57.